The fourth-order valence-corrected chi connectivity index (χ4v) is 3.04. The molecule has 1 aromatic heterocycles. The number of aromatic hydroxyl groups is 1. The van der Waals surface area contributed by atoms with Gasteiger partial charge in [-0.1, -0.05) is 18.2 Å². The highest BCUT2D eigenvalue weighted by Crippen LogP contribution is 2.39. The molecule has 4 aromatic rings. The van der Waals surface area contributed by atoms with Crippen LogP contribution in [-0.2, 0) is 0 Å². The summed E-state index contributed by atoms with van der Waals surface area (Å²) in [6.07, 6.45) is 0. The molecule has 3 aromatic carbocycles. The number of phenols is 1. The van der Waals surface area contributed by atoms with Crippen LogP contribution in [0.3, 0.4) is 0 Å². The van der Waals surface area contributed by atoms with Crippen molar-refractivity contribution in [3.8, 4) is 5.75 Å². The lowest BCUT2D eigenvalue weighted by molar-refractivity contribution is -0.404. The third-order valence-corrected chi connectivity index (χ3v) is 4.57. The number of phenolic OH excluding ortho intramolecular Hbond substituents is 1. The molecule has 4 rings (SSSR count). The van der Waals surface area contributed by atoms with E-state index < -0.39 is 37.6 Å². The Morgan fingerprint density at radius 2 is 1.38 bits per heavy atom. The van der Waals surface area contributed by atoms with E-state index in [0.717, 1.165) is 22.0 Å². The van der Waals surface area contributed by atoms with Crippen molar-refractivity contribution in [2.75, 3.05) is 0 Å². The lowest BCUT2D eigenvalue weighted by Gasteiger charge is -1.97. The number of non-ortho nitro benzene ring substituents is 1. The Kier molecular flexibility index (Phi) is 5.78. The summed E-state index contributed by atoms with van der Waals surface area (Å²) in [5.74, 6) is -1.10. The summed E-state index contributed by atoms with van der Waals surface area (Å²) < 4.78 is 0. The summed E-state index contributed by atoms with van der Waals surface area (Å²) in [5.41, 5.74) is -0.0559. The van der Waals surface area contributed by atoms with Crippen molar-refractivity contribution in [2.45, 2.75) is 6.92 Å². The van der Waals surface area contributed by atoms with Crippen LogP contribution in [-0.4, -0.2) is 30.6 Å². The van der Waals surface area contributed by atoms with Crippen LogP contribution in [0.2, 0.25) is 0 Å². The van der Waals surface area contributed by atoms with Crippen molar-refractivity contribution in [2.24, 2.45) is 0 Å². The normalized spacial score (nSPS) is 10.4. The second kappa shape index (κ2) is 8.47. The number of fused-ring (bicyclic) bond motifs is 3. The first-order valence-corrected chi connectivity index (χ1v) is 8.91. The monoisotopic (exact) mass is 438 g/mol. The standard InChI is InChI=1S/C14H11NO.C6H3N3O7/c1-9(16)10-6-7-14-12(8-10)11-4-2-3-5-13(11)15-14;10-6-4(8(13)14)1-3(7(11)12)2-5(6)9(15)16/h2-8,15H,1H3;1-2,10H. The van der Waals surface area contributed by atoms with Crippen LogP contribution in [0, 0.1) is 30.3 Å². The number of Topliss-reactive ketones (excluding diaryl/α,β-unsaturated/α-hetero) is 1. The number of nitrogens with zero attached hydrogens (tertiary/aromatic N) is 3. The third-order valence-electron chi connectivity index (χ3n) is 4.57. The average Bonchev–Trinajstić information content (AvgIpc) is 3.11. The number of carbonyl (C=O) groups excluding carboxylic acids is 1. The van der Waals surface area contributed by atoms with Gasteiger partial charge in [0.25, 0.3) is 11.4 Å². The number of ketones is 1. The van der Waals surface area contributed by atoms with Crippen LogP contribution in [0.15, 0.2) is 54.6 Å². The molecular formula is C20H14N4O8. The lowest BCUT2D eigenvalue weighted by atomic mass is 10.1. The number of para-hydroxylation sites is 1. The molecule has 0 saturated heterocycles. The van der Waals surface area contributed by atoms with Crippen LogP contribution in [0.4, 0.5) is 17.1 Å². The predicted octanol–water partition coefficient (Wildman–Crippen LogP) is 4.64. The lowest BCUT2D eigenvalue weighted by Crippen LogP contribution is -1.97. The van der Waals surface area contributed by atoms with Gasteiger partial charge in [0.1, 0.15) is 0 Å². The minimum Gasteiger partial charge on any atom is -0.497 e. The largest absolute Gasteiger partial charge is 0.497 e. The van der Waals surface area contributed by atoms with Crippen LogP contribution in [0.5, 0.6) is 5.75 Å². The number of rotatable bonds is 4. The summed E-state index contributed by atoms with van der Waals surface area (Å²) in [6.45, 7) is 1.59. The molecule has 0 unspecified atom stereocenters. The van der Waals surface area contributed by atoms with Gasteiger partial charge in [0.2, 0.25) is 0 Å². The quantitative estimate of drug-likeness (QED) is 0.262. The Morgan fingerprint density at radius 3 is 1.91 bits per heavy atom. The highest BCUT2D eigenvalue weighted by molar-refractivity contribution is 6.09. The van der Waals surface area contributed by atoms with Crippen molar-refractivity contribution >= 4 is 44.7 Å². The first-order chi connectivity index (χ1) is 15.1. The molecule has 162 valence electrons. The smallest absolute Gasteiger partial charge is 0.324 e. The van der Waals surface area contributed by atoms with E-state index in [1.807, 2.05) is 36.4 Å². The summed E-state index contributed by atoms with van der Waals surface area (Å²) in [7, 11) is 0. The Balaban J connectivity index is 0.000000181. The van der Waals surface area contributed by atoms with E-state index in [0.29, 0.717) is 12.1 Å². The van der Waals surface area contributed by atoms with Gasteiger partial charge < -0.3 is 10.1 Å². The number of nitrogens with one attached hydrogen (secondary N) is 1. The fourth-order valence-electron chi connectivity index (χ4n) is 3.04. The molecule has 12 heteroatoms. The number of nitro groups is 3. The summed E-state index contributed by atoms with van der Waals surface area (Å²) in [5, 5.41) is 42.5. The van der Waals surface area contributed by atoms with Gasteiger partial charge in [-0.25, -0.2) is 0 Å². The minimum atomic E-state index is -1.21. The Bertz CT molecular complexity index is 1370. The second-order valence-corrected chi connectivity index (χ2v) is 6.59. The van der Waals surface area contributed by atoms with Gasteiger partial charge in [-0.05, 0) is 31.2 Å². The molecule has 0 amide bonds. The van der Waals surface area contributed by atoms with E-state index in [1.165, 1.54) is 5.39 Å². The van der Waals surface area contributed by atoms with Gasteiger partial charge in [0.05, 0.1) is 26.9 Å². The van der Waals surface area contributed by atoms with Crippen molar-refractivity contribution in [3.63, 3.8) is 0 Å². The number of H-pyrrole nitrogens is 1. The maximum atomic E-state index is 11.3. The topological polar surface area (TPSA) is 183 Å². The molecule has 12 nitrogen and oxygen atoms in total. The second-order valence-electron chi connectivity index (χ2n) is 6.59. The van der Waals surface area contributed by atoms with Gasteiger partial charge >= 0.3 is 11.4 Å². The molecule has 0 fully saturated rings. The molecule has 0 aliphatic rings. The molecular weight excluding hydrogens is 424 g/mol. The molecule has 2 N–H and O–H groups in total. The molecule has 0 saturated carbocycles. The molecule has 0 aliphatic carbocycles. The van der Waals surface area contributed by atoms with E-state index in [-0.39, 0.29) is 5.78 Å². The SMILES string of the molecule is CC(=O)c1ccc2[nH]c3ccccc3c2c1.O=[N+]([O-])c1cc([N+](=O)[O-])c(O)c([N+](=O)[O-])c1. The van der Waals surface area contributed by atoms with E-state index in [9.17, 15) is 35.1 Å². The zero-order chi connectivity index (χ0) is 23.6. The molecule has 32 heavy (non-hydrogen) atoms. The van der Waals surface area contributed by atoms with E-state index in [1.54, 1.807) is 6.92 Å². The third kappa shape index (κ3) is 4.18. The summed E-state index contributed by atoms with van der Waals surface area (Å²) >= 11 is 0. The number of hydrogen-bond donors (Lipinski definition) is 2. The van der Waals surface area contributed by atoms with Gasteiger partial charge in [0.15, 0.2) is 5.78 Å². The fraction of sp³-hybridized carbons (Fsp3) is 0.0500. The first kappa shape index (κ1) is 21.8. The zero-order valence-corrected chi connectivity index (χ0v) is 16.3. The maximum Gasteiger partial charge on any atom is 0.324 e. The van der Waals surface area contributed by atoms with Crippen molar-refractivity contribution < 1.29 is 24.7 Å². The summed E-state index contributed by atoms with van der Waals surface area (Å²) in [4.78, 5) is 42.4. The van der Waals surface area contributed by atoms with Crippen LogP contribution in [0.1, 0.15) is 17.3 Å². The van der Waals surface area contributed by atoms with Crippen molar-refractivity contribution in [3.05, 3.63) is 90.5 Å². The molecule has 0 radical (unpaired) electrons. The number of aromatic amines is 1. The molecule has 0 bridgehead atoms. The summed E-state index contributed by atoms with van der Waals surface area (Å²) in [6, 6.07) is 14.8. The first-order valence-electron chi connectivity index (χ1n) is 8.91. The number of hydrogen-bond acceptors (Lipinski definition) is 8. The van der Waals surface area contributed by atoms with Crippen LogP contribution in [0.25, 0.3) is 21.8 Å². The molecule has 1 heterocycles. The highest BCUT2D eigenvalue weighted by atomic mass is 16.6. The maximum absolute atomic E-state index is 11.3. The van der Waals surface area contributed by atoms with Crippen molar-refractivity contribution in [1.82, 2.24) is 4.98 Å². The Labute approximate surface area is 178 Å². The van der Waals surface area contributed by atoms with Gasteiger partial charge in [-0.15, -0.1) is 0 Å². The number of carbonyl (C=O) groups is 1. The van der Waals surface area contributed by atoms with E-state index >= 15 is 0 Å². The number of nitro benzene ring substituents is 3. The zero-order valence-electron chi connectivity index (χ0n) is 16.3. The molecule has 0 spiro atoms. The molecule has 0 atom stereocenters. The van der Waals surface area contributed by atoms with Gasteiger partial charge in [-0.2, -0.15) is 0 Å². The van der Waals surface area contributed by atoms with Gasteiger partial charge in [-0.3, -0.25) is 35.1 Å². The number of benzene rings is 3. The Morgan fingerprint density at radius 1 is 0.812 bits per heavy atom. The van der Waals surface area contributed by atoms with Crippen LogP contribution < -0.4 is 0 Å². The average molecular weight is 438 g/mol. The van der Waals surface area contributed by atoms with E-state index in [2.05, 4.69) is 11.1 Å². The van der Waals surface area contributed by atoms with E-state index in [4.69, 9.17) is 5.11 Å². The predicted molar refractivity (Wildman–Crippen MR) is 114 cm³/mol. The Hall–Kier alpha value is -4.87. The van der Waals surface area contributed by atoms with Gasteiger partial charge in [0, 0.05) is 27.4 Å². The number of aromatic nitrogens is 1. The highest BCUT2D eigenvalue weighted by Gasteiger charge is 2.30. The van der Waals surface area contributed by atoms with Crippen LogP contribution >= 0.6 is 0 Å². The molecule has 0 aliphatic heterocycles. The minimum absolute atomic E-state index is 0.104. The van der Waals surface area contributed by atoms with Crippen molar-refractivity contribution in [1.29, 1.82) is 0 Å².